The van der Waals surface area contributed by atoms with Crippen LogP contribution >= 0.6 is 23.2 Å². The minimum absolute atomic E-state index is 0.0353. The van der Waals surface area contributed by atoms with Gasteiger partial charge in [-0.05, 0) is 18.6 Å². The van der Waals surface area contributed by atoms with Crippen molar-refractivity contribution in [2.45, 2.75) is 19.4 Å². The third-order valence-electron chi connectivity index (χ3n) is 2.13. The predicted octanol–water partition coefficient (Wildman–Crippen LogP) is 2.76. The van der Waals surface area contributed by atoms with Gasteiger partial charge in [0.1, 0.15) is 0 Å². The van der Waals surface area contributed by atoms with Crippen LogP contribution in [-0.2, 0) is 0 Å². The number of nitrogen functional groups attached to an aromatic ring is 1. The summed E-state index contributed by atoms with van der Waals surface area (Å²) in [6.07, 6.45) is 0.785. The van der Waals surface area contributed by atoms with Crippen molar-refractivity contribution >= 4 is 34.6 Å². The van der Waals surface area contributed by atoms with Crippen LogP contribution in [0.2, 0.25) is 10.0 Å². The van der Waals surface area contributed by atoms with E-state index in [1.54, 1.807) is 12.1 Å². The van der Waals surface area contributed by atoms with Gasteiger partial charge in [-0.25, -0.2) is 0 Å². The minimum atomic E-state index is -0.0522. The van der Waals surface area contributed by atoms with Gasteiger partial charge in [0.2, 0.25) is 0 Å². The van der Waals surface area contributed by atoms with Gasteiger partial charge in [0.15, 0.2) is 0 Å². The second-order valence-corrected chi connectivity index (χ2v) is 4.11. The monoisotopic (exact) mass is 248 g/mol. The first-order valence-electron chi connectivity index (χ1n) is 4.70. The lowest BCUT2D eigenvalue weighted by molar-refractivity contribution is 0.272. The summed E-state index contributed by atoms with van der Waals surface area (Å²) in [7, 11) is 0. The fourth-order valence-corrected chi connectivity index (χ4v) is 1.82. The molecule has 3 nitrogen and oxygen atoms in total. The molecular formula is C10H14Cl2N2O. The summed E-state index contributed by atoms with van der Waals surface area (Å²) < 4.78 is 0. The van der Waals surface area contributed by atoms with Gasteiger partial charge in [-0.1, -0.05) is 30.1 Å². The topological polar surface area (TPSA) is 58.3 Å². The van der Waals surface area contributed by atoms with Crippen LogP contribution in [0.4, 0.5) is 11.4 Å². The van der Waals surface area contributed by atoms with Crippen LogP contribution in [0.15, 0.2) is 12.1 Å². The molecule has 0 saturated carbocycles. The number of nitrogens with two attached hydrogens (primary N) is 1. The molecule has 1 rings (SSSR count). The van der Waals surface area contributed by atoms with Gasteiger partial charge in [0, 0.05) is 11.7 Å². The summed E-state index contributed by atoms with van der Waals surface area (Å²) in [4.78, 5) is 0. The fraction of sp³-hybridized carbons (Fsp3) is 0.400. The molecule has 0 heterocycles. The van der Waals surface area contributed by atoms with Crippen molar-refractivity contribution in [1.29, 1.82) is 0 Å². The minimum Gasteiger partial charge on any atom is -0.399 e. The molecule has 0 fully saturated rings. The number of halogens is 2. The van der Waals surface area contributed by atoms with Crippen molar-refractivity contribution < 1.29 is 5.11 Å². The van der Waals surface area contributed by atoms with Crippen molar-refractivity contribution in [3.8, 4) is 0 Å². The molecular weight excluding hydrogens is 235 g/mol. The van der Waals surface area contributed by atoms with Crippen molar-refractivity contribution in [3.63, 3.8) is 0 Å². The highest BCUT2D eigenvalue weighted by molar-refractivity contribution is 6.39. The maximum Gasteiger partial charge on any atom is 0.0723 e. The van der Waals surface area contributed by atoms with E-state index in [2.05, 4.69) is 5.32 Å². The fourth-order valence-electron chi connectivity index (χ4n) is 1.21. The Kier molecular flexibility index (Phi) is 4.51. The molecule has 0 aromatic heterocycles. The molecule has 4 N–H and O–H groups in total. The zero-order chi connectivity index (χ0) is 11.4. The molecule has 0 radical (unpaired) electrons. The molecule has 0 amide bonds. The summed E-state index contributed by atoms with van der Waals surface area (Å²) in [5.74, 6) is 0. The van der Waals surface area contributed by atoms with E-state index in [-0.39, 0.29) is 12.6 Å². The Hall–Kier alpha value is -0.640. The van der Waals surface area contributed by atoms with Gasteiger partial charge in [-0.2, -0.15) is 0 Å². The Balaban J connectivity index is 2.94. The molecule has 0 saturated heterocycles. The van der Waals surface area contributed by atoms with Crippen molar-refractivity contribution in [3.05, 3.63) is 22.2 Å². The predicted molar refractivity (Wildman–Crippen MR) is 65.7 cm³/mol. The van der Waals surface area contributed by atoms with Gasteiger partial charge in [-0.15, -0.1) is 0 Å². The highest BCUT2D eigenvalue weighted by atomic mass is 35.5. The molecule has 84 valence electrons. The Labute approximate surface area is 99.2 Å². The van der Waals surface area contributed by atoms with Crippen LogP contribution in [-0.4, -0.2) is 17.8 Å². The third-order valence-corrected chi connectivity index (χ3v) is 2.72. The maximum atomic E-state index is 9.05. The first-order chi connectivity index (χ1) is 7.08. The van der Waals surface area contributed by atoms with E-state index in [0.29, 0.717) is 21.4 Å². The number of nitrogens with one attached hydrogen (secondary N) is 1. The molecule has 0 aliphatic rings. The largest absolute Gasteiger partial charge is 0.399 e. The number of aliphatic hydroxyl groups is 1. The molecule has 1 atom stereocenters. The smallest absolute Gasteiger partial charge is 0.0723 e. The van der Waals surface area contributed by atoms with Gasteiger partial charge in [0.25, 0.3) is 0 Å². The second-order valence-electron chi connectivity index (χ2n) is 3.29. The molecule has 0 spiro atoms. The SMILES string of the molecule is CCC(CO)Nc1c(Cl)cc(N)cc1Cl. The highest BCUT2D eigenvalue weighted by Crippen LogP contribution is 2.33. The van der Waals surface area contributed by atoms with Crippen LogP contribution < -0.4 is 11.1 Å². The second kappa shape index (κ2) is 5.45. The van der Waals surface area contributed by atoms with E-state index < -0.39 is 0 Å². The number of benzene rings is 1. The third kappa shape index (κ3) is 3.16. The molecule has 5 heteroatoms. The molecule has 15 heavy (non-hydrogen) atoms. The van der Waals surface area contributed by atoms with E-state index in [1.807, 2.05) is 6.92 Å². The molecule has 0 aliphatic carbocycles. The Morgan fingerprint density at radius 3 is 2.33 bits per heavy atom. The summed E-state index contributed by atoms with van der Waals surface area (Å²) in [5, 5.41) is 13.1. The van der Waals surface area contributed by atoms with Crippen molar-refractivity contribution in [1.82, 2.24) is 0 Å². The van der Waals surface area contributed by atoms with Gasteiger partial charge in [0.05, 0.1) is 22.3 Å². The highest BCUT2D eigenvalue weighted by Gasteiger charge is 2.11. The normalized spacial score (nSPS) is 12.5. The molecule has 0 bridgehead atoms. The standard InChI is InChI=1S/C10H14Cl2N2O/c1-2-7(5-15)14-10-8(11)3-6(13)4-9(10)12/h3-4,7,14-15H,2,5,13H2,1H3. The van der Waals surface area contributed by atoms with E-state index in [0.717, 1.165) is 6.42 Å². The van der Waals surface area contributed by atoms with E-state index in [9.17, 15) is 0 Å². The summed E-state index contributed by atoms with van der Waals surface area (Å²) in [5.41, 5.74) is 6.72. The number of hydrogen-bond acceptors (Lipinski definition) is 3. The van der Waals surface area contributed by atoms with Gasteiger partial charge < -0.3 is 16.2 Å². The van der Waals surface area contributed by atoms with Crippen LogP contribution in [0.1, 0.15) is 13.3 Å². The van der Waals surface area contributed by atoms with Crippen molar-refractivity contribution in [2.24, 2.45) is 0 Å². The van der Waals surface area contributed by atoms with Gasteiger partial charge in [-0.3, -0.25) is 0 Å². The van der Waals surface area contributed by atoms with Crippen LogP contribution in [0.3, 0.4) is 0 Å². The van der Waals surface area contributed by atoms with Crippen LogP contribution in [0.5, 0.6) is 0 Å². The molecule has 1 unspecified atom stereocenters. The summed E-state index contributed by atoms with van der Waals surface area (Å²) >= 11 is 12.0. The van der Waals surface area contributed by atoms with Crippen LogP contribution in [0, 0.1) is 0 Å². The first-order valence-corrected chi connectivity index (χ1v) is 5.46. The number of anilines is 2. The lowest BCUT2D eigenvalue weighted by Gasteiger charge is -2.18. The maximum absolute atomic E-state index is 9.05. The summed E-state index contributed by atoms with van der Waals surface area (Å²) in [6.45, 7) is 2.00. The number of aliphatic hydroxyl groups excluding tert-OH is 1. The van der Waals surface area contributed by atoms with Crippen LogP contribution in [0.25, 0.3) is 0 Å². The molecule has 0 aliphatic heterocycles. The van der Waals surface area contributed by atoms with Crippen molar-refractivity contribution in [2.75, 3.05) is 17.7 Å². The summed E-state index contributed by atoms with van der Waals surface area (Å²) in [6, 6.07) is 3.20. The average Bonchev–Trinajstić information content (AvgIpc) is 2.17. The number of hydrogen-bond donors (Lipinski definition) is 3. The zero-order valence-corrected chi connectivity index (χ0v) is 9.94. The average molecular weight is 249 g/mol. The molecule has 1 aromatic rings. The van der Waals surface area contributed by atoms with E-state index >= 15 is 0 Å². The lowest BCUT2D eigenvalue weighted by atomic mass is 10.2. The molecule has 1 aromatic carbocycles. The Morgan fingerprint density at radius 1 is 1.40 bits per heavy atom. The quantitative estimate of drug-likeness (QED) is 0.719. The van der Waals surface area contributed by atoms with E-state index in [4.69, 9.17) is 34.0 Å². The van der Waals surface area contributed by atoms with Gasteiger partial charge >= 0.3 is 0 Å². The Morgan fingerprint density at radius 2 is 1.93 bits per heavy atom. The lowest BCUT2D eigenvalue weighted by Crippen LogP contribution is -2.22. The number of rotatable bonds is 4. The first kappa shape index (κ1) is 12.4. The van der Waals surface area contributed by atoms with E-state index in [1.165, 1.54) is 0 Å². The zero-order valence-electron chi connectivity index (χ0n) is 8.43. The Bertz CT molecular complexity index is 317.